The fourth-order valence-electron chi connectivity index (χ4n) is 2.47. The van der Waals surface area contributed by atoms with Gasteiger partial charge in [-0.2, -0.15) is 0 Å². The molecule has 0 N–H and O–H groups in total. The molecule has 3 aromatic rings. The van der Waals surface area contributed by atoms with Crippen molar-refractivity contribution < 1.29 is 13.9 Å². The van der Waals surface area contributed by atoms with Gasteiger partial charge >= 0.3 is 11.6 Å². The summed E-state index contributed by atoms with van der Waals surface area (Å²) in [5.74, 6) is -0.240. The Labute approximate surface area is 147 Å². The number of ether oxygens (including phenoxy) is 1. The third kappa shape index (κ3) is 2.99. The van der Waals surface area contributed by atoms with E-state index in [2.05, 4.69) is 15.9 Å². The zero-order chi connectivity index (χ0) is 17.4. The van der Waals surface area contributed by atoms with E-state index in [1.54, 1.807) is 18.2 Å². The first kappa shape index (κ1) is 16.5. The Morgan fingerprint density at radius 1 is 1.04 bits per heavy atom. The van der Waals surface area contributed by atoms with Gasteiger partial charge in [-0.25, -0.2) is 9.59 Å². The molecule has 2 aromatic carbocycles. The molecule has 0 atom stereocenters. The topological polar surface area (TPSA) is 56.5 Å². The second kappa shape index (κ2) is 6.24. The molecular weight excluding hydrogens is 372 g/mol. The predicted octanol–water partition coefficient (Wildman–Crippen LogP) is 4.70. The van der Waals surface area contributed by atoms with E-state index in [1.807, 2.05) is 32.9 Å². The van der Waals surface area contributed by atoms with Gasteiger partial charge in [0.2, 0.25) is 0 Å². The van der Waals surface area contributed by atoms with Gasteiger partial charge in [-0.05, 0) is 61.7 Å². The van der Waals surface area contributed by atoms with Gasteiger partial charge in [-0.15, -0.1) is 0 Å². The summed E-state index contributed by atoms with van der Waals surface area (Å²) in [7, 11) is 0. The highest BCUT2D eigenvalue weighted by molar-refractivity contribution is 9.10. The Balaban J connectivity index is 2.05. The van der Waals surface area contributed by atoms with E-state index in [1.165, 1.54) is 6.07 Å². The lowest BCUT2D eigenvalue weighted by Crippen LogP contribution is -2.19. The quantitative estimate of drug-likeness (QED) is 0.363. The number of carbonyl (C=O) groups is 1. The molecule has 0 unspecified atom stereocenters. The molecule has 122 valence electrons. The van der Waals surface area contributed by atoms with E-state index in [4.69, 9.17) is 9.15 Å². The first-order chi connectivity index (χ1) is 11.4. The molecule has 0 amide bonds. The van der Waals surface area contributed by atoms with Crippen LogP contribution in [0.4, 0.5) is 0 Å². The van der Waals surface area contributed by atoms with Gasteiger partial charge in [0, 0.05) is 9.86 Å². The van der Waals surface area contributed by atoms with Crippen molar-refractivity contribution in [3.63, 3.8) is 0 Å². The van der Waals surface area contributed by atoms with E-state index in [9.17, 15) is 9.59 Å². The average molecular weight is 387 g/mol. The minimum absolute atomic E-state index is 0.124. The molecule has 0 fully saturated rings. The Bertz CT molecular complexity index is 1020. The molecule has 0 radical (unpaired) electrons. The highest BCUT2D eigenvalue weighted by atomic mass is 79.9. The summed E-state index contributed by atoms with van der Waals surface area (Å²) in [5.41, 5.74) is 2.30. The molecule has 0 aliphatic heterocycles. The lowest BCUT2D eigenvalue weighted by molar-refractivity contribution is 0.0728. The number of halogens is 1. The van der Waals surface area contributed by atoms with Crippen molar-refractivity contribution in [1.82, 2.24) is 0 Å². The molecule has 1 heterocycles. The van der Waals surface area contributed by atoms with Crippen LogP contribution in [0.3, 0.4) is 0 Å². The molecule has 0 bridgehead atoms. The molecule has 4 nitrogen and oxygen atoms in total. The van der Waals surface area contributed by atoms with E-state index in [0.29, 0.717) is 16.7 Å². The summed E-state index contributed by atoms with van der Waals surface area (Å²) < 4.78 is 11.5. The molecule has 1 aromatic heterocycles. The van der Waals surface area contributed by atoms with Gasteiger partial charge in [-0.3, -0.25) is 0 Å². The number of hydrogen-bond donors (Lipinski definition) is 0. The summed E-state index contributed by atoms with van der Waals surface area (Å²) in [4.78, 5) is 24.6. The van der Waals surface area contributed by atoms with Gasteiger partial charge < -0.3 is 9.15 Å². The SMILES string of the molecule is Cc1ccc(C)c(OC(=O)c2cc3cc(Br)ccc3oc2=O)c1C. The third-order valence-electron chi connectivity index (χ3n) is 3.98. The van der Waals surface area contributed by atoms with Crippen molar-refractivity contribution in [3.05, 3.63) is 73.5 Å². The number of rotatable bonds is 2. The van der Waals surface area contributed by atoms with Gasteiger partial charge in [0.05, 0.1) is 0 Å². The largest absolute Gasteiger partial charge is 0.422 e. The molecule has 0 aliphatic rings. The second-order valence-electron chi connectivity index (χ2n) is 5.67. The van der Waals surface area contributed by atoms with Crippen molar-refractivity contribution in [2.45, 2.75) is 20.8 Å². The van der Waals surface area contributed by atoms with Crippen LogP contribution in [0.15, 0.2) is 50.1 Å². The fourth-order valence-corrected chi connectivity index (χ4v) is 2.85. The van der Waals surface area contributed by atoms with Crippen LogP contribution in [0, 0.1) is 20.8 Å². The van der Waals surface area contributed by atoms with Crippen molar-refractivity contribution in [2.75, 3.05) is 0 Å². The van der Waals surface area contributed by atoms with Crippen LogP contribution in [-0.4, -0.2) is 5.97 Å². The molecule has 0 spiro atoms. The van der Waals surface area contributed by atoms with E-state index < -0.39 is 11.6 Å². The minimum Gasteiger partial charge on any atom is -0.422 e. The standard InChI is InChI=1S/C19H15BrO4/c1-10-4-5-11(2)17(12(10)3)24-19(22)15-9-13-8-14(20)6-7-16(13)23-18(15)21/h4-9H,1-3H3. The highest BCUT2D eigenvalue weighted by Gasteiger charge is 2.18. The Kier molecular flexibility index (Phi) is 4.28. The maximum Gasteiger partial charge on any atom is 0.351 e. The van der Waals surface area contributed by atoms with E-state index in [0.717, 1.165) is 21.2 Å². The Morgan fingerprint density at radius 3 is 2.50 bits per heavy atom. The normalized spacial score (nSPS) is 10.8. The number of fused-ring (bicyclic) bond motifs is 1. The molecule has 0 saturated heterocycles. The third-order valence-corrected chi connectivity index (χ3v) is 4.48. The summed E-state index contributed by atoms with van der Waals surface area (Å²) in [6.45, 7) is 5.67. The van der Waals surface area contributed by atoms with Gasteiger partial charge in [0.1, 0.15) is 16.9 Å². The van der Waals surface area contributed by atoms with Crippen molar-refractivity contribution >= 4 is 32.9 Å². The average Bonchev–Trinajstić information content (AvgIpc) is 2.54. The summed E-state index contributed by atoms with van der Waals surface area (Å²) >= 11 is 3.36. The lowest BCUT2D eigenvalue weighted by atomic mass is 10.1. The fraction of sp³-hybridized carbons (Fsp3) is 0.158. The van der Waals surface area contributed by atoms with Crippen LogP contribution in [0.2, 0.25) is 0 Å². The maximum absolute atomic E-state index is 12.5. The van der Waals surface area contributed by atoms with Crippen molar-refractivity contribution in [3.8, 4) is 5.75 Å². The van der Waals surface area contributed by atoms with Crippen LogP contribution in [0.1, 0.15) is 27.0 Å². The van der Waals surface area contributed by atoms with Crippen LogP contribution in [-0.2, 0) is 0 Å². The molecule has 0 aliphatic carbocycles. The first-order valence-corrected chi connectivity index (χ1v) is 8.18. The van der Waals surface area contributed by atoms with E-state index in [-0.39, 0.29) is 5.56 Å². The number of aryl methyl sites for hydroxylation is 2. The molecular formula is C19H15BrO4. The Morgan fingerprint density at radius 2 is 1.75 bits per heavy atom. The van der Waals surface area contributed by atoms with Crippen molar-refractivity contribution in [1.29, 1.82) is 0 Å². The van der Waals surface area contributed by atoms with Crippen LogP contribution in [0.25, 0.3) is 11.0 Å². The monoisotopic (exact) mass is 386 g/mol. The van der Waals surface area contributed by atoms with Crippen LogP contribution < -0.4 is 10.4 Å². The van der Waals surface area contributed by atoms with Crippen LogP contribution in [0.5, 0.6) is 5.75 Å². The smallest absolute Gasteiger partial charge is 0.351 e. The highest BCUT2D eigenvalue weighted by Crippen LogP contribution is 2.27. The maximum atomic E-state index is 12.5. The van der Waals surface area contributed by atoms with Crippen LogP contribution >= 0.6 is 15.9 Å². The Hall–Kier alpha value is -2.40. The van der Waals surface area contributed by atoms with Gasteiger partial charge in [0.15, 0.2) is 0 Å². The van der Waals surface area contributed by atoms with Crippen molar-refractivity contribution in [2.24, 2.45) is 0 Å². The number of esters is 1. The number of hydrogen-bond acceptors (Lipinski definition) is 4. The van der Waals surface area contributed by atoms with Gasteiger partial charge in [0.25, 0.3) is 0 Å². The number of benzene rings is 2. The molecule has 24 heavy (non-hydrogen) atoms. The molecule has 0 saturated carbocycles. The first-order valence-electron chi connectivity index (χ1n) is 7.39. The summed E-state index contributed by atoms with van der Waals surface area (Å²) in [6, 6.07) is 10.6. The molecule has 5 heteroatoms. The minimum atomic E-state index is -0.720. The summed E-state index contributed by atoms with van der Waals surface area (Å²) in [5, 5.41) is 0.647. The summed E-state index contributed by atoms with van der Waals surface area (Å²) in [6.07, 6.45) is 0. The lowest BCUT2D eigenvalue weighted by Gasteiger charge is -2.12. The molecule has 3 rings (SSSR count). The van der Waals surface area contributed by atoms with E-state index >= 15 is 0 Å². The van der Waals surface area contributed by atoms with Gasteiger partial charge in [-0.1, -0.05) is 28.1 Å². The predicted molar refractivity (Wildman–Crippen MR) is 95.8 cm³/mol. The number of carbonyl (C=O) groups excluding carboxylic acids is 1. The zero-order valence-electron chi connectivity index (χ0n) is 13.5. The zero-order valence-corrected chi connectivity index (χ0v) is 15.1. The second-order valence-corrected chi connectivity index (χ2v) is 6.59.